The molecular weight excluding hydrogens is 340 g/mol. The summed E-state index contributed by atoms with van der Waals surface area (Å²) in [6.45, 7) is 0.683. The van der Waals surface area contributed by atoms with Crippen LogP contribution in [0, 0.1) is 0 Å². The Kier molecular flexibility index (Phi) is 4.48. The van der Waals surface area contributed by atoms with Gasteiger partial charge in [0.05, 0.1) is 12.2 Å². The molecule has 0 unspecified atom stereocenters. The highest BCUT2D eigenvalue weighted by atomic mass is 32.2. The van der Waals surface area contributed by atoms with Crippen molar-refractivity contribution >= 4 is 28.2 Å². The molecule has 0 bridgehead atoms. The minimum Gasteiger partial charge on any atom is -0.348 e. The van der Waals surface area contributed by atoms with Gasteiger partial charge in [-0.25, -0.2) is 9.67 Å². The van der Waals surface area contributed by atoms with E-state index in [0.29, 0.717) is 12.6 Å². The van der Waals surface area contributed by atoms with Crippen LogP contribution < -0.4 is 4.90 Å². The predicted molar refractivity (Wildman–Crippen MR) is 96.5 cm³/mol. The minimum atomic E-state index is 0.683. The first-order chi connectivity index (χ1) is 11.8. The van der Waals surface area contributed by atoms with Gasteiger partial charge >= 0.3 is 0 Å². The molecule has 0 spiro atoms. The molecule has 0 N–H and O–H groups in total. The monoisotopic (exact) mass is 358 g/mol. The summed E-state index contributed by atoms with van der Waals surface area (Å²) in [4.78, 5) is 7.02. The topological polar surface area (TPSA) is 59.7 Å². The molecular formula is C16H18N6S2. The molecule has 0 saturated heterocycles. The summed E-state index contributed by atoms with van der Waals surface area (Å²) in [7, 11) is 2.13. The zero-order chi connectivity index (χ0) is 16.4. The lowest BCUT2D eigenvalue weighted by atomic mass is 10.2. The maximum absolute atomic E-state index is 4.73. The number of thiazole rings is 1. The van der Waals surface area contributed by atoms with Gasteiger partial charge in [0.15, 0.2) is 5.13 Å². The van der Waals surface area contributed by atoms with Gasteiger partial charge in [0.2, 0.25) is 5.16 Å². The van der Waals surface area contributed by atoms with Crippen molar-refractivity contribution in [2.75, 3.05) is 11.9 Å². The van der Waals surface area contributed by atoms with E-state index in [1.165, 1.54) is 18.4 Å². The number of hydrogen-bond acceptors (Lipinski definition) is 7. The Labute approximate surface area is 148 Å². The Hall–Kier alpha value is -1.93. The smallest absolute Gasteiger partial charge is 0.210 e. The molecule has 24 heavy (non-hydrogen) atoms. The molecule has 1 aromatic carbocycles. The molecule has 2 heterocycles. The summed E-state index contributed by atoms with van der Waals surface area (Å²) < 4.78 is 1.84. The number of rotatable bonds is 7. The fourth-order valence-corrected chi connectivity index (χ4v) is 4.17. The van der Waals surface area contributed by atoms with Crippen LogP contribution in [0.2, 0.25) is 0 Å². The van der Waals surface area contributed by atoms with Crippen molar-refractivity contribution in [2.45, 2.75) is 36.3 Å². The summed E-state index contributed by atoms with van der Waals surface area (Å²) >= 11 is 3.34. The molecule has 0 radical (unpaired) electrons. The molecule has 2 aromatic heterocycles. The van der Waals surface area contributed by atoms with Gasteiger partial charge in [-0.05, 0) is 28.8 Å². The van der Waals surface area contributed by atoms with Crippen LogP contribution in [-0.2, 0) is 12.3 Å². The van der Waals surface area contributed by atoms with Crippen LogP contribution in [0.15, 0.2) is 40.9 Å². The zero-order valence-electron chi connectivity index (χ0n) is 13.4. The summed E-state index contributed by atoms with van der Waals surface area (Å²) in [5, 5.41) is 16.1. The highest BCUT2D eigenvalue weighted by Crippen LogP contribution is 2.33. The first kappa shape index (κ1) is 15.6. The summed E-state index contributed by atoms with van der Waals surface area (Å²) in [6.07, 6.45) is 2.57. The van der Waals surface area contributed by atoms with Crippen LogP contribution >= 0.6 is 23.1 Å². The van der Waals surface area contributed by atoms with Gasteiger partial charge in [-0.3, -0.25) is 0 Å². The van der Waals surface area contributed by atoms with Crippen LogP contribution in [-0.4, -0.2) is 38.3 Å². The number of tetrazole rings is 1. The molecule has 4 rings (SSSR count). The van der Waals surface area contributed by atoms with Gasteiger partial charge in [0.25, 0.3) is 0 Å². The van der Waals surface area contributed by atoms with Gasteiger partial charge in [-0.1, -0.05) is 42.1 Å². The molecule has 1 aliphatic carbocycles. The van der Waals surface area contributed by atoms with Crippen molar-refractivity contribution in [3.8, 4) is 0 Å². The lowest BCUT2D eigenvalue weighted by Crippen LogP contribution is -2.18. The van der Waals surface area contributed by atoms with E-state index >= 15 is 0 Å². The molecule has 3 aromatic rings. The van der Waals surface area contributed by atoms with Crippen molar-refractivity contribution < 1.29 is 0 Å². The van der Waals surface area contributed by atoms with Crippen LogP contribution in [0.3, 0.4) is 0 Å². The van der Waals surface area contributed by atoms with E-state index in [1.807, 2.05) is 22.9 Å². The third kappa shape index (κ3) is 3.59. The summed E-state index contributed by atoms with van der Waals surface area (Å²) in [6, 6.07) is 10.9. The molecule has 124 valence electrons. The third-order valence-corrected chi connectivity index (χ3v) is 5.93. The Balaban J connectivity index is 1.39. The molecule has 8 heteroatoms. The first-order valence-corrected chi connectivity index (χ1v) is 9.76. The van der Waals surface area contributed by atoms with E-state index in [9.17, 15) is 0 Å². The van der Waals surface area contributed by atoms with Crippen LogP contribution in [0.1, 0.15) is 24.1 Å². The lowest BCUT2D eigenvalue weighted by molar-refractivity contribution is 0.603. The highest BCUT2D eigenvalue weighted by molar-refractivity contribution is 7.98. The van der Waals surface area contributed by atoms with E-state index in [1.54, 1.807) is 23.1 Å². The number of anilines is 1. The van der Waals surface area contributed by atoms with Gasteiger partial charge in [-0.2, -0.15) is 0 Å². The second-order valence-corrected chi connectivity index (χ2v) is 7.64. The van der Waals surface area contributed by atoms with Crippen LogP contribution in [0.5, 0.6) is 0 Å². The molecule has 1 aliphatic rings. The predicted octanol–water partition coefficient (Wildman–Crippen LogP) is 3.07. The largest absolute Gasteiger partial charge is 0.348 e. The molecule has 0 aliphatic heterocycles. The second kappa shape index (κ2) is 6.90. The van der Waals surface area contributed by atoms with E-state index in [2.05, 4.69) is 45.0 Å². The summed E-state index contributed by atoms with van der Waals surface area (Å²) in [5.74, 6) is 0.782. The SMILES string of the molecule is CN(c1nc(CSc2nnnn2Cc2ccccc2)cs1)C1CC1. The van der Waals surface area contributed by atoms with Crippen molar-refractivity contribution in [1.29, 1.82) is 0 Å². The fourth-order valence-electron chi connectivity index (χ4n) is 2.44. The third-order valence-electron chi connectivity index (χ3n) is 3.96. The maximum Gasteiger partial charge on any atom is 0.210 e. The van der Waals surface area contributed by atoms with Crippen LogP contribution in [0.4, 0.5) is 5.13 Å². The lowest BCUT2D eigenvalue weighted by Gasteiger charge is -2.13. The van der Waals surface area contributed by atoms with Gasteiger partial charge < -0.3 is 4.90 Å². The van der Waals surface area contributed by atoms with Crippen molar-refractivity contribution in [3.63, 3.8) is 0 Å². The first-order valence-electron chi connectivity index (χ1n) is 7.90. The van der Waals surface area contributed by atoms with Crippen molar-refractivity contribution in [1.82, 2.24) is 25.2 Å². The van der Waals surface area contributed by atoms with E-state index in [4.69, 9.17) is 4.98 Å². The number of hydrogen-bond donors (Lipinski definition) is 0. The normalized spacial score (nSPS) is 14.0. The zero-order valence-corrected chi connectivity index (χ0v) is 15.0. The average molecular weight is 358 g/mol. The number of benzene rings is 1. The molecule has 6 nitrogen and oxygen atoms in total. The fraction of sp³-hybridized carbons (Fsp3) is 0.375. The second-order valence-electron chi connectivity index (χ2n) is 5.86. The van der Waals surface area contributed by atoms with Crippen molar-refractivity contribution in [3.05, 3.63) is 47.0 Å². The number of thioether (sulfide) groups is 1. The molecule has 1 saturated carbocycles. The van der Waals surface area contributed by atoms with E-state index in [0.717, 1.165) is 21.7 Å². The molecule has 0 amide bonds. The molecule has 0 atom stereocenters. The van der Waals surface area contributed by atoms with E-state index < -0.39 is 0 Å². The van der Waals surface area contributed by atoms with Crippen LogP contribution in [0.25, 0.3) is 0 Å². The average Bonchev–Trinajstić information content (AvgIpc) is 3.19. The number of nitrogens with zero attached hydrogens (tertiary/aromatic N) is 6. The Bertz CT molecular complexity index is 796. The molecule has 1 fully saturated rings. The van der Waals surface area contributed by atoms with E-state index in [-0.39, 0.29) is 0 Å². The van der Waals surface area contributed by atoms with Gasteiger partial charge in [0, 0.05) is 24.2 Å². The Morgan fingerprint density at radius 3 is 2.92 bits per heavy atom. The maximum atomic E-state index is 4.73. The Morgan fingerprint density at radius 1 is 1.29 bits per heavy atom. The van der Waals surface area contributed by atoms with Gasteiger partial charge in [-0.15, -0.1) is 16.4 Å². The highest BCUT2D eigenvalue weighted by Gasteiger charge is 2.28. The minimum absolute atomic E-state index is 0.683. The quantitative estimate of drug-likeness (QED) is 0.605. The number of aromatic nitrogens is 5. The van der Waals surface area contributed by atoms with Crippen molar-refractivity contribution in [2.24, 2.45) is 0 Å². The van der Waals surface area contributed by atoms with Gasteiger partial charge in [0.1, 0.15) is 0 Å². The standard InChI is InChI=1S/C16H18N6S2/c1-21(14-7-8-14)15-17-13(10-23-15)11-24-16-18-19-20-22(16)9-12-5-3-2-4-6-12/h2-6,10,14H,7-9,11H2,1H3. The Morgan fingerprint density at radius 2 is 2.12 bits per heavy atom. The summed E-state index contributed by atoms with van der Waals surface area (Å²) in [5.41, 5.74) is 2.27.